The van der Waals surface area contributed by atoms with E-state index in [0.29, 0.717) is 35.0 Å². The normalized spacial score (nSPS) is 11.7. The maximum atomic E-state index is 13.4. The summed E-state index contributed by atoms with van der Waals surface area (Å²) in [6.45, 7) is 2.75. The lowest BCUT2D eigenvalue weighted by Gasteiger charge is -2.28. The number of benzene rings is 3. The summed E-state index contributed by atoms with van der Waals surface area (Å²) >= 11 is 5.76. The maximum Gasteiger partial charge on any atom is 0.253 e. The minimum absolute atomic E-state index is 0.0215. The van der Waals surface area contributed by atoms with Crippen LogP contribution in [0, 0.1) is 5.82 Å². The van der Waals surface area contributed by atoms with Crippen LogP contribution in [0.1, 0.15) is 29.7 Å². The molecule has 0 aliphatic carbocycles. The standard InChI is InChI=1S/C27H26FN3O2S/c1-18(20-6-4-3-5-7-20)29-27(34)31(16-19-8-11-23(28)12-9-19)17-22-14-21-10-13-24(33-2)15-25(21)30-26(22)32/h3-15,18H,16-17H2,1-2H3,(H,29,34)(H,30,32)/t18-/m1/s1. The number of hydrogen-bond acceptors (Lipinski definition) is 3. The molecular formula is C27H26FN3O2S. The molecule has 0 fully saturated rings. The topological polar surface area (TPSA) is 57.4 Å². The van der Waals surface area contributed by atoms with Crippen LogP contribution in [0.15, 0.2) is 83.7 Å². The molecule has 2 N–H and O–H groups in total. The van der Waals surface area contributed by atoms with Crippen molar-refractivity contribution in [3.8, 4) is 5.75 Å². The highest BCUT2D eigenvalue weighted by Crippen LogP contribution is 2.20. The van der Waals surface area contributed by atoms with E-state index in [9.17, 15) is 9.18 Å². The molecule has 0 spiro atoms. The van der Waals surface area contributed by atoms with Crippen LogP contribution in [0.2, 0.25) is 0 Å². The van der Waals surface area contributed by atoms with Crippen molar-refractivity contribution >= 4 is 28.2 Å². The highest BCUT2D eigenvalue weighted by atomic mass is 32.1. The zero-order valence-corrected chi connectivity index (χ0v) is 19.9. The monoisotopic (exact) mass is 475 g/mol. The Hall–Kier alpha value is -3.71. The van der Waals surface area contributed by atoms with Gasteiger partial charge in [0.1, 0.15) is 11.6 Å². The van der Waals surface area contributed by atoms with E-state index >= 15 is 0 Å². The van der Waals surface area contributed by atoms with Crippen molar-refractivity contribution in [2.75, 3.05) is 7.11 Å². The van der Waals surface area contributed by atoms with E-state index in [2.05, 4.69) is 10.3 Å². The molecule has 0 saturated carbocycles. The number of ether oxygens (including phenoxy) is 1. The van der Waals surface area contributed by atoms with Gasteiger partial charge in [-0.3, -0.25) is 4.79 Å². The first-order valence-electron chi connectivity index (χ1n) is 11.0. The Kier molecular flexibility index (Phi) is 7.23. The molecule has 0 amide bonds. The first-order chi connectivity index (χ1) is 16.4. The fraction of sp³-hybridized carbons (Fsp3) is 0.185. The molecule has 5 nitrogen and oxygen atoms in total. The summed E-state index contributed by atoms with van der Waals surface area (Å²) in [4.78, 5) is 17.8. The lowest BCUT2D eigenvalue weighted by Crippen LogP contribution is -2.41. The van der Waals surface area contributed by atoms with Gasteiger partial charge in [0.05, 0.1) is 25.2 Å². The highest BCUT2D eigenvalue weighted by Gasteiger charge is 2.17. The number of aromatic amines is 1. The molecule has 1 atom stereocenters. The largest absolute Gasteiger partial charge is 0.497 e. The third-order valence-corrected chi connectivity index (χ3v) is 6.08. The smallest absolute Gasteiger partial charge is 0.253 e. The third kappa shape index (κ3) is 5.61. The predicted octanol–water partition coefficient (Wildman–Crippen LogP) is 5.31. The van der Waals surface area contributed by atoms with E-state index in [0.717, 1.165) is 16.5 Å². The Morgan fingerprint density at radius 1 is 1.06 bits per heavy atom. The average molecular weight is 476 g/mol. The van der Waals surface area contributed by atoms with Gasteiger partial charge >= 0.3 is 0 Å². The van der Waals surface area contributed by atoms with Crippen molar-refractivity contribution < 1.29 is 9.13 Å². The number of nitrogens with zero attached hydrogens (tertiary/aromatic N) is 1. The number of halogens is 1. The molecule has 174 valence electrons. The lowest BCUT2D eigenvalue weighted by molar-refractivity contribution is 0.392. The minimum Gasteiger partial charge on any atom is -0.497 e. The summed E-state index contributed by atoms with van der Waals surface area (Å²) in [6.07, 6.45) is 0. The molecule has 7 heteroatoms. The molecule has 34 heavy (non-hydrogen) atoms. The van der Waals surface area contributed by atoms with Gasteiger partial charge in [-0.05, 0) is 66.0 Å². The fourth-order valence-corrected chi connectivity index (χ4v) is 4.09. The van der Waals surface area contributed by atoms with Crippen molar-refractivity contribution in [3.05, 3.63) is 112 Å². The van der Waals surface area contributed by atoms with E-state index in [1.807, 2.05) is 60.4 Å². The van der Waals surface area contributed by atoms with Gasteiger partial charge in [-0.2, -0.15) is 0 Å². The summed E-state index contributed by atoms with van der Waals surface area (Å²) in [5.74, 6) is 0.379. The predicted molar refractivity (Wildman–Crippen MR) is 137 cm³/mol. The molecule has 0 aliphatic rings. The van der Waals surface area contributed by atoms with Gasteiger partial charge < -0.3 is 19.9 Å². The minimum atomic E-state index is -0.296. The Morgan fingerprint density at radius 3 is 2.50 bits per heavy atom. The van der Waals surface area contributed by atoms with E-state index in [1.165, 1.54) is 12.1 Å². The SMILES string of the molecule is COc1ccc2cc(CN(Cc3ccc(F)cc3)C(=S)N[C@H](C)c3ccccc3)c(=O)[nH]c2c1. The summed E-state index contributed by atoms with van der Waals surface area (Å²) in [7, 11) is 1.59. The number of aromatic nitrogens is 1. The zero-order valence-electron chi connectivity index (χ0n) is 19.0. The number of H-pyrrole nitrogens is 1. The van der Waals surface area contributed by atoms with Crippen LogP contribution in [0.4, 0.5) is 4.39 Å². The number of thiocarbonyl (C=S) groups is 1. The number of pyridine rings is 1. The second-order valence-corrected chi connectivity index (χ2v) is 8.53. The quantitative estimate of drug-likeness (QED) is 0.355. The Labute approximate surface area is 203 Å². The molecule has 4 rings (SSSR count). The molecule has 0 saturated heterocycles. The molecule has 1 aromatic heterocycles. The number of nitrogens with one attached hydrogen (secondary N) is 2. The molecule has 0 bridgehead atoms. The Morgan fingerprint density at radius 2 is 1.79 bits per heavy atom. The summed E-state index contributed by atoms with van der Waals surface area (Å²) < 4.78 is 18.7. The first kappa shape index (κ1) is 23.4. The van der Waals surface area contributed by atoms with Crippen molar-refractivity contribution in [1.29, 1.82) is 0 Å². The molecule has 0 radical (unpaired) electrons. The van der Waals surface area contributed by atoms with Crippen molar-refractivity contribution in [2.45, 2.75) is 26.1 Å². The molecular weight excluding hydrogens is 449 g/mol. The molecule has 4 aromatic rings. The van der Waals surface area contributed by atoms with Crippen LogP contribution in [-0.2, 0) is 13.1 Å². The van der Waals surface area contributed by atoms with Crippen LogP contribution in [-0.4, -0.2) is 22.1 Å². The maximum absolute atomic E-state index is 13.4. The fourth-order valence-electron chi connectivity index (χ4n) is 3.79. The Balaban J connectivity index is 1.62. The summed E-state index contributed by atoms with van der Waals surface area (Å²) in [6, 6.07) is 23.7. The first-order valence-corrected chi connectivity index (χ1v) is 11.4. The number of hydrogen-bond donors (Lipinski definition) is 2. The summed E-state index contributed by atoms with van der Waals surface area (Å²) in [5, 5.41) is 4.78. The summed E-state index contributed by atoms with van der Waals surface area (Å²) in [5.41, 5.74) is 3.08. The van der Waals surface area contributed by atoms with Gasteiger partial charge in [-0.25, -0.2) is 4.39 Å². The van der Waals surface area contributed by atoms with E-state index in [1.54, 1.807) is 25.3 Å². The molecule has 1 heterocycles. The van der Waals surface area contributed by atoms with Crippen LogP contribution < -0.4 is 15.6 Å². The number of fused-ring (bicyclic) bond motifs is 1. The van der Waals surface area contributed by atoms with Crippen molar-refractivity contribution in [1.82, 2.24) is 15.2 Å². The van der Waals surface area contributed by atoms with Gasteiger partial charge in [-0.15, -0.1) is 0 Å². The molecule has 0 aliphatic heterocycles. The van der Waals surface area contributed by atoms with E-state index in [-0.39, 0.29) is 17.4 Å². The zero-order chi connectivity index (χ0) is 24.1. The number of rotatable bonds is 7. The van der Waals surface area contributed by atoms with E-state index < -0.39 is 0 Å². The van der Waals surface area contributed by atoms with Crippen molar-refractivity contribution in [3.63, 3.8) is 0 Å². The number of methoxy groups -OCH3 is 1. The van der Waals surface area contributed by atoms with E-state index in [4.69, 9.17) is 17.0 Å². The highest BCUT2D eigenvalue weighted by molar-refractivity contribution is 7.80. The van der Waals surface area contributed by atoms with Crippen LogP contribution in [0.3, 0.4) is 0 Å². The van der Waals surface area contributed by atoms with Gasteiger partial charge in [-0.1, -0.05) is 42.5 Å². The van der Waals surface area contributed by atoms with Gasteiger partial charge in [0.2, 0.25) is 0 Å². The van der Waals surface area contributed by atoms with Crippen LogP contribution in [0.25, 0.3) is 10.9 Å². The van der Waals surface area contributed by atoms with Crippen LogP contribution in [0.5, 0.6) is 5.75 Å². The average Bonchev–Trinajstić information content (AvgIpc) is 2.85. The van der Waals surface area contributed by atoms with Gasteiger partial charge in [0, 0.05) is 18.2 Å². The third-order valence-electron chi connectivity index (χ3n) is 5.70. The lowest BCUT2D eigenvalue weighted by atomic mass is 10.1. The second-order valence-electron chi connectivity index (χ2n) is 8.14. The Bertz CT molecular complexity index is 1340. The van der Waals surface area contributed by atoms with Crippen LogP contribution >= 0.6 is 12.2 Å². The van der Waals surface area contributed by atoms with Crippen molar-refractivity contribution in [2.24, 2.45) is 0 Å². The van der Waals surface area contributed by atoms with Gasteiger partial charge in [0.15, 0.2) is 5.11 Å². The molecule has 0 unspecified atom stereocenters. The van der Waals surface area contributed by atoms with Gasteiger partial charge in [0.25, 0.3) is 5.56 Å². The molecule has 3 aromatic carbocycles. The second kappa shape index (κ2) is 10.5.